The Morgan fingerprint density at radius 1 is 0.700 bits per heavy atom. The van der Waals surface area contributed by atoms with Crippen LogP contribution in [-0.2, 0) is 0 Å². The van der Waals surface area contributed by atoms with Gasteiger partial charge in [0.25, 0.3) is 0 Å². The van der Waals surface area contributed by atoms with Gasteiger partial charge in [0.05, 0.1) is 0 Å². The summed E-state index contributed by atoms with van der Waals surface area (Å²) in [5.41, 5.74) is 2.59. The van der Waals surface area contributed by atoms with Crippen molar-refractivity contribution in [3.05, 3.63) is 60.7 Å². The Balaban J connectivity index is 2.57. The summed E-state index contributed by atoms with van der Waals surface area (Å²) >= 11 is 0. The van der Waals surface area contributed by atoms with E-state index in [9.17, 15) is 0 Å². The van der Waals surface area contributed by atoms with Crippen LogP contribution in [0.1, 0.15) is 20.8 Å². The van der Waals surface area contributed by atoms with E-state index >= 15 is 0 Å². The molecule has 0 aliphatic carbocycles. The SMILES string of the molecule is CC(C)(C)[Si](C)(C)N(c1ccccc1)c1ccccc1. The van der Waals surface area contributed by atoms with Gasteiger partial charge >= 0.3 is 0 Å². The maximum atomic E-state index is 2.58. The average molecular weight is 283 g/mol. The summed E-state index contributed by atoms with van der Waals surface area (Å²) in [4.78, 5) is 0. The van der Waals surface area contributed by atoms with Gasteiger partial charge in [-0.1, -0.05) is 70.3 Å². The molecule has 2 aromatic carbocycles. The van der Waals surface area contributed by atoms with E-state index in [1.807, 2.05) is 0 Å². The zero-order valence-corrected chi connectivity index (χ0v) is 14.2. The Labute approximate surface area is 124 Å². The number of nitrogens with zero attached hydrogens (tertiary/aromatic N) is 1. The minimum absolute atomic E-state index is 0.290. The molecule has 0 radical (unpaired) electrons. The molecule has 1 nitrogen and oxygen atoms in total. The molecule has 0 aliphatic rings. The molecule has 20 heavy (non-hydrogen) atoms. The smallest absolute Gasteiger partial charge is 0.161 e. The van der Waals surface area contributed by atoms with Crippen molar-refractivity contribution < 1.29 is 0 Å². The van der Waals surface area contributed by atoms with E-state index in [2.05, 4.69) is 99.1 Å². The van der Waals surface area contributed by atoms with Crippen molar-refractivity contribution in [2.45, 2.75) is 38.9 Å². The first-order valence-electron chi connectivity index (χ1n) is 7.24. The summed E-state index contributed by atoms with van der Waals surface area (Å²) < 4.78 is 2.58. The van der Waals surface area contributed by atoms with Crippen LogP contribution in [0.25, 0.3) is 0 Å². The fraction of sp³-hybridized carbons (Fsp3) is 0.333. The van der Waals surface area contributed by atoms with Gasteiger partial charge in [0, 0.05) is 11.4 Å². The molecular weight excluding hydrogens is 258 g/mol. The molecule has 2 aromatic rings. The van der Waals surface area contributed by atoms with Crippen molar-refractivity contribution in [3.8, 4) is 0 Å². The maximum Gasteiger partial charge on any atom is 0.161 e. The molecular formula is C18H25NSi. The summed E-state index contributed by atoms with van der Waals surface area (Å²) in [6.07, 6.45) is 0. The van der Waals surface area contributed by atoms with Gasteiger partial charge in [-0.25, -0.2) is 0 Å². The van der Waals surface area contributed by atoms with Crippen molar-refractivity contribution in [3.63, 3.8) is 0 Å². The van der Waals surface area contributed by atoms with Crippen molar-refractivity contribution in [1.82, 2.24) is 0 Å². The summed E-state index contributed by atoms with van der Waals surface area (Å²) in [6, 6.07) is 21.5. The largest absolute Gasteiger partial charge is 0.369 e. The van der Waals surface area contributed by atoms with Crippen LogP contribution in [0.2, 0.25) is 18.1 Å². The van der Waals surface area contributed by atoms with E-state index in [1.54, 1.807) is 0 Å². The second kappa shape index (κ2) is 5.45. The van der Waals surface area contributed by atoms with Crippen molar-refractivity contribution >= 4 is 19.6 Å². The highest BCUT2D eigenvalue weighted by Crippen LogP contribution is 2.44. The summed E-state index contributed by atoms with van der Waals surface area (Å²) in [5.74, 6) is 0. The zero-order valence-electron chi connectivity index (χ0n) is 13.2. The molecule has 0 unspecified atom stereocenters. The molecule has 0 heterocycles. The number of hydrogen-bond acceptors (Lipinski definition) is 1. The lowest BCUT2D eigenvalue weighted by molar-refractivity contribution is 0.715. The van der Waals surface area contributed by atoms with Gasteiger partial charge in [0.1, 0.15) is 0 Å². The van der Waals surface area contributed by atoms with Crippen LogP contribution in [-0.4, -0.2) is 8.24 Å². The van der Waals surface area contributed by atoms with Gasteiger partial charge in [-0.2, -0.15) is 0 Å². The first-order valence-corrected chi connectivity index (χ1v) is 10.2. The molecule has 0 saturated heterocycles. The lowest BCUT2D eigenvalue weighted by Crippen LogP contribution is -2.52. The van der Waals surface area contributed by atoms with Gasteiger partial charge in [-0.05, 0) is 29.3 Å². The molecule has 0 N–H and O–H groups in total. The average Bonchev–Trinajstić information content (AvgIpc) is 2.40. The molecule has 106 valence electrons. The monoisotopic (exact) mass is 283 g/mol. The topological polar surface area (TPSA) is 3.24 Å². The summed E-state index contributed by atoms with van der Waals surface area (Å²) in [7, 11) is -1.68. The van der Waals surface area contributed by atoms with E-state index in [0.29, 0.717) is 5.04 Å². The van der Waals surface area contributed by atoms with E-state index in [1.165, 1.54) is 11.4 Å². The van der Waals surface area contributed by atoms with Crippen LogP contribution in [0.15, 0.2) is 60.7 Å². The Kier molecular flexibility index (Phi) is 4.05. The Morgan fingerprint density at radius 2 is 1.05 bits per heavy atom. The van der Waals surface area contributed by atoms with Crippen LogP contribution < -0.4 is 4.57 Å². The number of anilines is 2. The van der Waals surface area contributed by atoms with E-state index in [-0.39, 0.29) is 0 Å². The number of hydrogen-bond donors (Lipinski definition) is 0. The highest BCUT2D eigenvalue weighted by Gasteiger charge is 2.42. The van der Waals surface area contributed by atoms with Crippen LogP contribution in [0.5, 0.6) is 0 Å². The second-order valence-corrected chi connectivity index (χ2v) is 11.9. The lowest BCUT2D eigenvalue weighted by atomic mass is 10.2. The van der Waals surface area contributed by atoms with Gasteiger partial charge < -0.3 is 4.57 Å². The Hall–Kier alpha value is -1.54. The van der Waals surface area contributed by atoms with Crippen molar-refractivity contribution in [2.75, 3.05) is 4.57 Å². The third kappa shape index (κ3) is 2.80. The Bertz CT molecular complexity index is 501. The standard InChI is InChI=1S/C18H25NSi/c1-18(2,3)20(4,5)19(16-12-8-6-9-13-16)17-14-10-7-11-15-17/h6-15H,1-5H3. The number of rotatable bonds is 3. The molecule has 0 aliphatic heterocycles. The molecule has 0 atom stereocenters. The van der Waals surface area contributed by atoms with E-state index in [0.717, 1.165) is 0 Å². The Morgan fingerprint density at radius 3 is 1.35 bits per heavy atom. The molecule has 2 rings (SSSR count). The molecule has 0 amide bonds. The van der Waals surface area contributed by atoms with Gasteiger partial charge in [-0.15, -0.1) is 0 Å². The third-order valence-electron chi connectivity index (χ3n) is 4.42. The molecule has 0 bridgehead atoms. The number of benzene rings is 2. The molecule has 0 saturated carbocycles. The minimum atomic E-state index is -1.68. The second-order valence-electron chi connectivity index (χ2n) is 6.82. The summed E-state index contributed by atoms with van der Waals surface area (Å²) in [5, 5.41) is 0.290. The molecule has 2 heteroatoms. The normalized spacial score (nSPS) is 12.2. The van der Waals surface area contributed by atoms with Crippen LogP contribution in [0, 0.1) is 0 Å². The van der Waals surface area contributed by atoms with Gasteiger partial charge in [0.2, 0.25) is 0 Å². The van der Waals surface area contributed by atoms with Crippen LogP contribution in [0.4, 0.5) is 11.4 Å². The third-order valence-corrected chi connectivity index (χ3v) is 9.73. The molecule has 0 spiro atoms. The fourth-order valence-electron chi connectivity index (χ4n) is 2.28. The van der Waals surface area contributed by atoms with E-state index < -0.39 is 8.24 Å². The lowest BCUT2D eigenvalue weighted by Gasteiger charge is -2.47. The van der Waals surface area contributed by atoms with Crippen LogP contribution >= 0.6 is 0 Å². The maximum absolute atomic E-state index is 2.58. The van der Waals surface area contributed by atoms with Crippen LogP contribution in [0.3, 0.4) is 0 Å². The zero-order chi connectivity index (χ0) is 14.8. The summed E-state index contributed by atoms with van der Waals surface area (Å²) in [6.45, 7) is 12.0. The van der Waals surface area contributed by atoms with Gasteiger partial charge in [-0.3, -0.25) is 0 Å². The number of para-hydroxylation sites is 2. The predicted octanol–water partition coefficient (Wildman–Crippen LogP) is 5.83. The predicted molar refractivity (Wildman–Crippen MR) is 92.2 cm³/mol. The highest BCUT2D eigenvalue weighted by atomic mass is 28.3. The molecule has 0 fully saturated rings. The van der Waals surface area contributed by atoms with Gasteiger partial charge in [0.15, 0.2) is 8.24 Å². The molecule has 0 aromatic heterocycles. The van der Waals surface area contributed by atoms with Crippen molar-refractivity contribution in [2.24, 2.45) is 0 Å². The fourth-order valence-corrected chi connectivity index (χ4v) is 4.54. The van der Waals surface area contributed by atoms with Crippen molar-refractivity contribution in [1.29, 1.82) is 0 Å². The van der Waals surface area contributed by atoms with E-state index in [4.69, 9.17) is 0 Å². The highest BCUT2D eigenvalue weighted by molar-refractivity contribution is 6.84. The first kappa shape index (κ1) is 14.9. The minimum Gasteiger partial charge on any atom is -0.369 e. The quantitative estimate of drug-likeness (QED) is 0.641. The first-order chi connectivity index (χ1) is 9.34.